The van der Waals surface area contributed by atoms with E-state index in [4.69, 9.17) is 24.5 Å². The number of hydrogen-bond donors (Lipinski definition) is 3. The molecule has 1 amide bonds. The van der Waals surface area contributed by atoms with Crippen LogP contribution in [0.15, 0.2) is 36.5 Å². The quantitative estimate of drug-likeness (QED) is 0.443. The van der Waals surface area contributed by atoms with Crippen LogP contribution in [-0.2, 0) is 14.3 Å². The smallest absolute Gasteiger partial charge is 0.230 e. The standard InChI is InChI=1S/C26H31FN6O4/c1-26(24(35)28-11-14-34)15-36-23(37-16-26)22-31-20(17-5-7-18(27)8-6-17)21(32-22)19-9-10-29-25(30-19)33-12-3-2-4-13-33/h5-10,23,34H,2-4,11-16H2,1H3,(H,28,35)(H,31,32). The topological polar surface area (TPSA) is 125 Å². The van der Waals surface area contributed by atoms with Crippen molar-refractivity contribution in [3.63, 3.8) is 0 Å². The summed E-state index contributed by atoms with van der Waals surface area (Å²) in [6, 6.07) is 7.91. The summed E-state index contributed by atoms with van der Waals surface area (Å²) < 4.78 is 25.5. The highest BCUT2D eigenvalue weighted by Gasteiger charge is 2.40. The third-order valence-corrected chi connectivity index (χ3v) is 6.65. The second-order valence-corrected chi connectivity index (χ2v) is 9.64. The van der Waals surface area contributed by atoms with Gasteiger partial charge in [-0.25, -0.2) is 19.3 Å². The van der Waals surface area contributed by atoms with Gasteiger partial charge in [-0.05, 0) is 56.5 Å². The Morgan fingerprint density at radius 1 is 1.16 bits per heavy atom. The van der Waals surface area contributed by atoms with Crippen LogP contribution in [0.1, 0.15) is 38.3 Å². The molecule has 5 rings (SSSR count). The van der Waals surface area contributed by atoms with Crippen LogP contribution in [0.4, 0.5) is 10.3 Å². The maximum Gasteiger partial charge on any atom is 0.230 e. The van der Waals surface area contributed by atoms with Gasteiger partial charge in [-0.15, -0.1) is 0 Å². The lowest BCUT2D eigenvalue weighted by molar-refractivity contribution is -0.231. The molecule has 0 bridgehead atoms. The SMILES string of the molecule is CC1(C(=O)NCCO)COC(c2nc(-c3ccc(F)cc3)c(-c3ccnc(N4CCCCC4)n3)[nH]2)OC1. The van der Waals surface area contributed by atoms with E-state index in [1.54, 1.807) is 25.3 Å². The first-order valence-corrected chi connectivity index (χ1v) is 12.5. The second kappa shape index (κ2) is 10.9. The van der Waals surface area contributed by atoms with Crippen molar-refractivity contribution in [1.29, 1.82) is 0 Å². The van der Waals surface area contributed by atoms with Crippen molar-refractivity contribution < 1.29 is 23.8 Å². The van der Waals surface area contributed by atoms with Crippen LogP contribution in [0, 0.1) is 11.2 Å². The zero-order valence-electron chi connectivity index (χ0n) is 20.7. The monoisotopic (exact) mass is 510 g/mol. The van der Waals surface area contributed by atoms with Gasteiger partial charge in [-0.1, -0.05) is 0 Å². The number of carbonyl (C=O) groups excluding carboxylic acids is 1. The molecule has 3 N–H and O–H groups in total. The average Bonchev–Trinajstić information content (AvgIpc) is 3.38. The zero-order valence-corrected chi connectivity index (χ0v) is 20.7. The Bertz CT molecular complexity index is 1220. The largest absolute Gasteiger partial charge is 0.395 e. The summed E-state index contributed by atoms with van der Waals surface area (Å²) in [6.45, 7) is 3.83. The predicted molar refractivity (Wildman–Crippen MR) is 134 cm³/mol. The van der Waals surface area contributed by atoms with Crippen molar-refractivity contribution >= 4 is 11.9 Å². The van der Waals surface area contributed by atoms with Gasteiger partial charge >= 0.3 is 0 Å². The molecule has 196 valence electrons. The van der Waals surface area contributed by atoms with Gasteiger partial charge in [0.2, 0.25) is 18.1 Å². The van der Waals surface area contributed by atoms with Gasteiger partial charge in [0.15, 0.2) is 5.82 Å². The number of carbonyl (C=O) groups is 1. The van der Waals surface area contributed by atoms with Crippen LogP contribution in [0.3, 0.4) is 0 Å². The minimum atomic E-state index is -0.892. The summed E-state index contributed by atoms with van der Waals surface area (Å²) >= 11 is 0. The van der Waals surface area contributed by atoms with Gasteiger partial charge in [-0.3, -0.25) is 4.79 Å². The maximum absolute atomic E-state index is 13.7. The molecule has 0 radical (unpaired) electrons. The minimum absolute atomic E-state index is 0.115. The number of amides is 1. The number of aliphatic hydroxyl groups is 1. The lowest BCUT2D eigenvalue weighted by atomic mass is 9.91. The number of imidazole rings is 1. The number of aromatic amines is 1. The molecular weight excluding hydrogens is 479 g/mol. The number of aliphatic hydroxyl groups excluding tert-OH is 1. The fourth-order valence-electron chi connectivity index (χ4n) is 4.52. The van der Waals surface area contributed by atoms with E-state index in [2.05, 4.69) is 20.2 Å². The highest BCUT2D eigenvalue weighted by Crippen LogP contribution is 2.35. The number of anilines is 1. The summed E-state index contributed by atoms with van der Waals surface area (Å²) in [4.78, 5) is 32.0. The van der Waals surface area contributed by atoms with Crippen LogP contribution in [-0.4, -0.2) is 70.4 Å². The highest BCUT2D eigenvalue weighted by molar-refractivity contribution is 5.82. The van der Waals surface area contributed by atoms with E-state index in [0.717, 1.165) is 25.9 Å². The average molecular weight is 511 g/mol. The molecule has 0 atom stereocenters. The van der Waals surface area contributed by atoms with Crippen molar-refractivity contribution in [2.24, 2.45) is 5.41 Å². The van der Waals surface area contributed by atoms with Crippen molar-refractivity contribution in [2.45, 2.75) is 32.5 Å². The van der Waals surface area contributed by atoms with Gasteiger partial charge in [0.1, 0.15) is 5.82 Å². The number of halogens is 1. The van der Waals surface area contributed by atoms with Gasteiger partial charge < -0.3 is 29.8 Å². The Kier molecular flexibility index (Phi) is 7.45. The summed E-state index contributed by atoms with van der Waals surface area (Å²) in [5.74, 6) is 0.491. The summed E-state index contributed by atoms with van der Waals surface area (Å²) in [5, 5.41) is 11.7. The Balaban J connectivity index is 1.44. The predicted octanol–water partition coefficient (Wildman–Crippen LogP) is 2.82. The number of hydrogen-bond acceptors (Lipinski definition) is 8. The molecule has 0 saturated carbocycles. The van der Waals surface area contributed by atoms with Crippen LogP contribution < -0.4 is 10.2 Å². The Hall–Kier alpha value is -3.41. The number of H-pyrrole nitrogens is 1. The van der Waals surface area contributed by atoms with Crippen LogP contribution >= 0.6 is 0 Å². The van der Waals surface area contributed by atoms with Crippen LogP contribution in [0.25, 0.3) is 22.6 Å². The first kappa shape index (κ1) is 25.2. The molecule has 0 unspecified atom stereocenters. The molecule has 1 aromatic carbocycles. The molecule has 0 aliphatic carbocycles. The maximum atomic E-state index is 13.7. The minimum Gasteiger partial charge on any atom is -0.395 e. The molecule has 4 heterocycles. The summed E-state index contributed by atoms with van der Waals surface area (Å²) in [6.07, 6.45) is 4.32. The molecule has 3 aromatic rings. The Morgan fingerprint density at radius 2 is 1.89 bits per heavy atom. The van der Waals surface area contributed by atoms with Crippen molar-refractivity contribution in [2.75, 3.05) is 44.4 Å². The Labute approximate surface area is 214 Å². The van der Waals surface area contributed by atoms with Crippen molar-refractivity contribution in [1.82, 2.24) is 25.3 Å². The van der Waals surface area contributed by atoms with E-state index in [1.807, 2.05) is 6.07 Å². The van der Waals surface area contributed by atoms with E-state index in [0.29, 0.717) is 34.4 Å². The molecule has 0 spiro atoms. The normalized spacial score (nSPS) is 22.1. The Morgan fingerprint density at radius 3 is 2.59 bits per heavy atom. The number of aromatic nitrogens is 4. The van der Waals surface area contributed by atoms with Gasteiger partial charge in [0.05, 0.1) is 42.3 Å². The first-order chi connectivity index (χ1) is 18.0. The zero-order chi connectivity index (χ0) is 25.8. The molecule has 2 saturated heterocycles. The van der Waals surface area contributed by atoms with E-state index in [1.165, 1.54) is 18.6 Å². The molecule has 37 heavy (non-hydrogen) atoms. The van der Waals surface area contributed by atoms with Crippen molar-refractivity contribution in [3.05, 3.63) is 48.2 Å². The molecule has 2 fully saturated rings. The fourth-order valence-corrected chi connectivity index (χ4v) is 4.52. The lowest BCUT2D eigenvalue weighted by Gasteiger charge is -2.35. The number of ether oxygens (including phenoxy) is 2. The fraction of sp³-hybridized carbons (Fsp3) is 0.462. The van der Waals surface area contributed by atoms with E-state index >= 15 is 0 Å². The number of nitrogens with zero attached hydrogens (tertiary/aromatic N) is 4. The van der Waals surface area contributed by atoms with Gasteiger partial charge in [0.25, 0.3) is 0 Å². The number of piperidine rings is 1. The lowest BCUT2D eigenvalue weighted by Crippen LogP contribution is -2.49. The van der Waals surface area contributed by atoms with E-state index < -0.39 is 11.7 Å². The van der Waals surface area contributed by atoms with Crippen LogP contribution in [0.2, 0.25) is 0 Å². The van der Waals surface area contributed by atoms with E-state index in [9.17, 15) is 9.18 Å². The number of nitrogens with one attached hydrogen (secondary N) is 2. The first-order valence-electron chi connectivity index (χ1n) is 12.5. The summed E-state index contributed by atoms with van der Waals surface area (Å²) in [5.41, 5.74) is 1.69. The van der Waals surface area contributed by atoms with Crippen molar-refractivity contribution in [3.8, 4) is 22.6 Å². The third-order valence-electron chi connectivity index (χ3n) is 6.65. The van der Waals surface area contributed by atoms with Gasteiger partial charge in [-0.2, -0.15) is 0 Å². The third kappa shape index (κ3) is 5.48. The number of rotatable bonds is 7. The van der Waals surface area contributed by atoms with E-state index in [-0.39, 0.29) is 38.1 Å². The molecule has 2 aliphatic heterocycles. The summed E-state index contributed by atoms with van der Waals surface area (Å²) in [7, 11) is 0. The van der Waals surface area contributed by atoms with Crippen LogP contribution in [0.5, 0.6) is 0 Å². The number of benzene rings is 1. The molecular formula is C26H31FN6O4. The molecule has 11 heteroatoms. The van der Waals surface area contributed by atoms with Gasteiger partial charge in [0, 0.05) is 31.4 Å². The molecule has 2 aliphatic rings. The molecule has 10 nitrogen and oxygen atoms in total. The molecule has 2 aromatic heterocycles. The highest BCUT2D eigenvalue weighted by atomic mass is 19.1. The second-order valence-electron chi connectivity index (χ2n) is 9.64.